The van der Waals surface area contributed by atoms with Crippen LogP contribution in [0.15, 0.2) is 18.2 Å². The predicted octanol–water partition coefficient (Wildman–Crippen LogP) is 5.08. The maximum atomic E-state index is 12.7. The molecule has 0 saturated heterocycles. The summed E-state index contributed by atoms with van der Waals surface area (Å²) in [5.41, 5.74) is 6.63. The quantitative estimate of drug-likeness (QED) is 0.226. The first-order chi connectivity index (χ1) is 18.7. The molecule has 0 heterocycles. The molecule has 0 aliphatic carbocycles. The van der Waals surface area contributed by atoms with Crippen LogP contribution in [0.25, 0.3) is 0 Å². The van der Waals surface area contributed by atoms with E-state index in [2.05, 4.69) is 0 Å². The molecule has 3 unspecified atom stereocenters. The third-order valence-corrected chi connectivity index (χ3v) is 6.87. The summed E-state index contributed by atoms with van der Waals surface area (Å²) < 4.78 is 26.5. The van der Waals surface area contributed by atoms with Crippen molar-refractivity contribution in [1.82, 2.24) is 0 Å². The van der Waals surface area contributed by atoms with Gasteiger partial charge in [0.25, 0.3) is 0 Å². The highest BCUT2D eigenvalue weighted by molar-refractivity contribution is 5.79. The summed E-state index contributed by atoms with van der Waals surface area (Å²) >= 11 is 0. The predicted molar refractivity (Wildman–Crippen MR) is 150 cm³/mol. The lowest BCUT2D eigenvalue weighted by atomic mass is 9.98. The molecule has 1 rings (SSSR count). The molecule has 0 fully saturated rings. The number of carbonyl (C=O) groups is 4. The Kier molecular flexibility index (Phi) is 14.7. The van der Waals surface area contributed by atoms with Gasteiger partial charge in [-0.3, -0.25) is 14.4 Å². The maximum Gasteiger partial charge on any atom is 0.508 e. The lowest BCUT2D eigenvalue weighted by Crippen LogP contribution is -2.36. The normalized spacial score (nSPS) is 15.0. The molecule has 10 nitrogen and oxygen atoms in total. The second-order valence-electron chi connectivity index (χ2n) is 11.1. The second kappa shape index (κ2) is 16.8. The number of hydrogen-bond donors (Lipinski definition) is 1. The van der Waals surface area contributed by atoms with Gasteiger partial charge in [-0.15, -0.1) is 0 Å². The Balaban J connectivity index is 2.88. The Bertz CT molecular complexity index is 991. The third-order valence-electron chi connectivity index (χ3n) is 6.87. The lowest BCUT2D eigenvalue weighted by molar-refractivity contribution is -0.148. The van der Waals surface area contributed by atoms with Gasteiger partial charge in [0.15, 0.2) is 11.5 Å². The Morgan fingerprint density at radius 3 is 1.82 bits per heavy atom. The summed E-state index contributed by atoms with van der Waals surface area (Å²) in [6, 6.07) is 3.64. The first-order valence-electron chi connectivity index (χ1n) is 14.0. The highest BCUT2D eigenvalue weighted by Gasteiger charge is 2.25. The fourth-order valence-corrected chi connectivity index (χ4v) is 2.99. The van der Waals surface area contributed by atoms with E-state index in [-0.39, 0.29) is 54.8 Å². The molecule has 0 radical (unpaired) electrons. The van der Waals surface area contributed by atoms with Crippen LogP contribution in [0.3, 0.4) is 0 Å². The zero-order valence-corrected chi connectivity index (χ0v) is 25.4. The first-order valence-corrected chi connectivity index (χ1v) is 14.0. The Morgan fingerprint density at radius 2 is 1.30 bits per heavy atom. The van der Waals surface area contributed by atoms with Crippen molar-refractivity contribution in [3.8, 4) is 11.5 Å². The van der Waals surface area contributed by atoms with Crippen LogP contribution in [0.1, 0.15) is 74.3 Å². The van der Waals surface area contributed by atoms with Gasteiger partial charge in [0.05, 0.1) is 18.4 Å². The molecule has 0 aliphatic heterocycles. The van der Waals surface area contributed by atoms with E-state index in [0.717, 1.165) is 6.42 Å². The number of nitrogens with two attached hydrogens (primary N) is 1. The molecule has 0 aromatic heterocycles. The van der Waals surface area contributed by atoms with Crippen molar-refractivity contribution in [1.29, 1.82) is 0 Å². The Hall–Kier alpha value is -3.14. The van der Waals surface area contributed by atoms with Gasteiger partial charge < -0.3 is 29.4 Å². The Labute approximate surface area is 238 Å². The summed E-state index contributed by atoms with van der Waals surface area (Å²) in [6.07, 6.45) is -0.626. The molecule has 1 aromatic carbocycles. The summed E-state index contributed by atoms with van der Waals surface area (Å²) in [4.78, 5) is 49.5. The summed E-state index contributed by atoms with van der Waals surface area (Å²) in [5.74, 6) is -1.89. The first kappa shape index (κ1) is 34.9. The third kappa shape index (κ3) is 11.9. The van der Waals surface area contributed by atoms with E-state index in [1.165, 1.54) is 12.1 Å². The minimum Gasteiger partial charge on any atom is -0.461 e. The molecule has 226 valence electrons. The fourth-order valence-electron chi connectivity index (χ4n) is 2.99. The number of esters is 3. The Morgan fingerprint density at radius 1 is 0.750 bits per heavy atom. The molecular formula is C30H47NO9. The van der Waals surface area contributed by atoms with Crippen molar-refractivity contribution in [2.75, 3.05) is 13.2 Å². The van der Waals surface area contributed by atoms with Gasteiger partial charge in [0.1, 0.15) is 18.8 Å². The van der Waals surface area contributed by atoms with E-state index < -0.39 is 42.1 Å². The van der Waals surface area contributed by atoms with E-state index in [1.54, 1.807) is 26.8 Å². The van der Waals surface area contributed by atoms with Gasteiger partial charge in [0.2, 0.25) is 0 Å². The monoisotopic (exact) mass is 565 g/mol. The molecule has 0 bridgehead atoms. The van der Waals surface area contributed by atoms with Crippen molar-refractivity contribution in [3.63, 3.8) is 0 Å². The number of benzene rings is 1. The van der Waals surface area contributed by atoms with Crippen molar-refractivity contribution in [2.24, 2.45) is 35.3 Å². The smallest absolute Gasteiger partial charge is 0.461 e. The molecule has 2 N–H and O–H groups in total. The standard InChI is InChI=1S/C30H47NO9/c1-10-19(6)15-37-30(35)38-20(7)16-36-29(34)24(31)13-23-11-12-25(39-27(32)21(8)17(2)3)26(14-23)40-28(33)22(9)18(4)5/h11-12,14,17-22,24H,10,13,15-16,31H2,1-9H3/t19?,20-,21?,22?,24-/m0/s1. The van der Waals surface area contributed by atoms with Crippen LogP contribution in [0.2, 0.25) is 0 Å². The largest absolute Gasteiger partial charge is 0.508 e. The molecule has 0 spiro atoms. The van der Waals surface area contributed by atoms with Crippen LogP contribution in [-0.2, 0) is 35.0 Å². The van der Waals surface area contributed by atoms with E-state index in [0.29, 0.717) is 5.56 Å². The van der Waals surface area contributed by atoms with Crippen LogP contribution < -0.4 is 15.2 Å². The second-order valence-corrected chi connectivity index (χ2v) is 11.1. The average molecular weight is 566 g/mol. The molecule has 0 aliphatic rings. The van der Waals surface area contributed by atoms with Crippen LogP contribution in [0, 0.1) is 29.6 Å². The van der Waals surface area contributed by atoms with Crippen molar-refractivity contribution < 1.29 is 42.9 Å². The summed E-state index contributed by atoms with van der Waals surface area (Å²) in [5, 5.41) is 0. The SMILES string of the molecule is CCC(C)COC(=O)O[C@@H](C)COC(=O)[C@@H](N)Cc1ccc(OC(=O)C(C)C(C)C)c(OC(=O)C(C)C(C)C)c1. The molecule has 40 heavy (non-hydrogen) atoms. The van der Waals surface area contributed by atoms with Crippen LogP contribution >= 0.6 is 0 Å². The zero-order valence-electron chi connectivity index (χ0n) is 25.4. The van der Waals surface area contributed by atoms with Crippen molar-refractivity contribution >= 4 is 24.1 Å². The molecule has 0 saturated carbocycles. The number of hydrogen-bond acceptors (Lipinski definition) is 10. The van der Waals surface area contributed by atoms with E-state index in [1.807, 2.05) is 41.5 Å². The average Bonchev–Trinajstić information content (AvgIpc) is 2.90. The summed E-state index contributed by atoms with van der Waals surface area (Å²) in [6.45, 7) is 16.7. The fraction of sp³-hybridized carbons (Fsp3) is 0.667. The van der Waals surface area contributed by atoms with Crippen LogP contribution in [0.5, 0.6) is 11.5 Å². The van der Waals surface area contributed by atoms with Gasteiger partial charge in [-0.05, 0) is 48.8 Å². The highest BCUT2D eigenvalue weighted by atomic mass is 16.7. The molecule has 5 atom stereocenters. The van der Waals surface area contributed by atoms with Gasteiger partial charge >= 0.3 is 24.1 Å². The topological polar surface area (TPSA) is 140 Å². The van der Waals surface area contributed by atoms with Gasteiger partial charge in [-0.2, -0.15) is 0 Å². The van der Waals surface area contributed by atoms with E-state index in [9.17, 15) is 19.2 Å². The maximum absolute atomic E-state index is 12.7. The van der Waals surface area contributed by atoms with Crippen LogP contribution in [0.4, 0.5) is 4.79 Å². The lowest BCUT2D eigenvalue weighted by Gasteiger charge is -2.19. The minimum absolute atomic E-state index is 0.0407. The number of carbonyl (C=O) groups excluding carboxylic acids is 4. The molecule has 1 aromatic rings. The van der Waals surface area contributed by atoms with Gasteiger partial charge in [-0.1, -0.05) is 67.9 Å². The van der Waals surface area contributed by atoms with Crippen molar-refractivity contribution in [2.45, 2.75) is 87.3 Å². The van der Waals surface area contributed by atoms with Crippen molar-refractivity contribution in [3.05, 3.63) is 23.8 Å². The summed E-state index contributed by atoms with van der Waals surface area (Å²) in [7, 11) is 0. The highest BCUT2D eigenvalue weighted by Crippen LogP contribution is 2.31. The minimum atomic E-state index is -1.04. The van der Waals surface area contributed by atoms with Gasteiger partial charge in [0, 0.05) is 0 Å². The zero-order chi connectivity index (χ0) is 30.6. The van der Waals surface area contributed by atoms with E-state index in [4.69, 9.17) is 29.4 Å². The molecular weight excluding hydrogens is 518 g/mol. The van der Waals surface area contributed by atoms with Gasteiger partial charge in [-0.25, -0.2) is 4.79 Å². The number of rotatable bonds is 15. The number of ether oxygens (including phenoxy) is 5. The van der Waals surface area contributed by atoms with E-state index >= 15 is 0 Å². The molecule has 10 heteroatoms. The van der Waals surface area contributed by atoms with Crippen LogP contribution in [-0.4, -0.2) is 49.4 Å². The molecule has 0 amide bonds.